The standard InChI is InChI=1S/C17H21ClN2O4S/c1-7-24-17-13(11(4)19-20(17)5)15(21)12-8-9(2)16(25(6,22)23)10(3)14(12)18/h8H,7H2,1-6H3. The summed E-state index contributed by atoms with van der Waals surface area (Å²) in [5.74, 6) is 0.0221. The number of aryl methyl sites for hydroxylation is 3. The van der Waals surface area contributed by atoms with E-state index in [1.165, 1.54) is 10.7 Å². The molecule has 2 aromatic rings. The second kappa shape index (κ2) is 6.80. The van der Waals surface area contributed by atoms with Crippen LogP contribution in [0.1, 0.15) is 39.7 Å². The van der Waals surface area contributed by atoms with E-state index in [1.807, 2.05) is 6.92 Å². The Hall–Kier alpha value is -1.86. The van der Waals surface area contributed by atoms with E-state index in [2.05, 4.69) is 5.10 Å². The molecule has 0 bridgehead atoms. The van der Waals surface area contributed by atoms with E-state index in [-0.39, 0.29) is 21.3 Å². The number of rotatable bonds is 5. The monoisotopic (exact) mass is 384 g/mol. The summed E-state index contributed by atoms with van der Waals surface area (Å²) in [5.41, 5.74) is 1.94. The number of sulfone groups is 1. The molecule has 2 rings (SSSR count). The second-order valence-corrected chi connectivity index (χ2v) is 8.26. The molecule has 0 aliphatic heterocycles. The first-order valence-electron chi connectivity index (χ1n) is 7.71. The highest BCUT2D eigenvalue weighted by Crippen LogP contribution is 2.34. The highest BCUT2D eigenvalue weighted by molar-refractivity contribution is 7.90. The van der Waals surface area contributed by atoms with E-state index in [1.54, 1.807) is 27.8 Å². The summed E-state index contributed by atoms with van der Waals surface area (Å²) in [6, 6.07) is 1.51. The van der Waals surface area contributed by atoms with Crippen molar-refractivity contribution in [2.24, 2.45) is 7.05 Å². The van der Waals surface area contributed by atoms with Gasteiger partial charge in [-0.2, -0.15) is 5.10 Å². The lowest BCUT2D eigenvalue weighted by molar-refractivity contribution is 0.103. The van der Waals surface area contributed by atoms with Crippen LogP contribution in [0.5, 0.6) is 5.88 Å². The van der Waals surface area contributed by atoms with Gasteiger partial charge < -0.3 is 4.74 Å². The van der Waals surface area contributed by atoms with E-state index < -0.39 is 9.84 Å². The third-order valence-electron chi connectivity index (χ3n) is 3.92. The average molecular weight is 385 g/mol. The van der Waals surface area contributed by atoms with Gasteiger partial charge >= 0.3 is 0 Å². The minimum absolute atomic E-state index is 0.127. The molecule has 0 spiro atoms. The second-order valence-electron chi connectivity index (χ2n) is 5.93. The van der Waals surface area contributed by atoms with Crippen molar-refractivity contribution in [3.05, 3.63) is 39.0 Å². The summed E-state index contributed by atoms with van der Waals surface area (Å²) >= 11 is 6.36. The number of halogens is 1. The Morgan fingerprint density at radius 2 is 1.92 bits per heavy atom. The summed E-state index contributed by atoms with van der Waals surface area (Å²) in [4.78, 5) is 13.2. The zero-order valence-electron chi connectivity index (χ0n) is 15.1. The minimum atomic E-state index is -3.45. The Balaban J connectivity index is 2.71. The molecule has 6 nitrogen and oxygen atoms in total. The van der Waals surface area contributed by atoms with E-state index in [0.717, 1.165) is 6.26 Å². The third kappa shape index (κ3) is 3.43. The zero-order valence-corrected chi connectivity index (χ0v) is 16.7. The molecule has 0 amide bonds. The lowest BCUT2D eigenvalue weighted by atomic mass is 9.99. The highest BCUT2D eigenvalue weighted by atomic mass is 35.5. The van der Waals surface area contributed by atoms with Gasteiger partial charge in [-0.15, -0.1) is 0 Å². The predicted octanol–water partition coefficient (Wildman–Crippen LogP) is 3.03. The molecule has 1 aromatic heterocycles. The van der Waals surface area contributed by atoms with Crippen LogP contribution in [0.2, 0.25) is 5.02 Å². The maximum Gasteiger partial charge on any atom is 0.223 e. The Morgan fingerprint density at radius 1 is 1.32 bits per heavy atom. The number of hydrogen-bond acceptors (Lipinski definition) is 5. The Labute approximate surface area is 152 Å². The third-order valence-corrected chi connectivity index (χ3v) is 5.78. The summed E-state index contributed by atoms with van der Waals surface area (Å²) in [6.07, 6.45) is 1.12. The smallest absolute Gasteiger partial charge is 0.223 e. The van der Waals surface area contributed by atoms with Gasteiger partial charge in [0.15, 0.2) is 9.84 Å². The molecule has 1 aromatic carbocycles. The van der Waals surface area contributed by atoms with Crippen LogP contribution >= 0.6 is 11.6 Å². The minimum Gasteiger partial charge on any atom is -0.478 e. The van der Waals surface area contributed by atoms with Crippen LogP contribution < -0.4 is 4.74 Å². The lowest BCUT2D eigenvalue weighted by Gasteiger charge is -2.14. The van der Waals surface area contributed by atoms with Crippen LogP contribution in [0.15, 0.2) is 11.0 Å². The van der Waals surface area contributed by atoms with Gasteiger partial charge in [0.05, 0.1) is 22.2 Å². The zero-order chi connectivity index (χ0) is 19.1. The van der Waals surface area contributed by atoms with Crippen LogP contribution in [0.3, 0.4) is 0 Å². The number of nitrogens with zero attached hydrogens (tertiary/aromatic N) is 2. The number of aromatic nitrogens is 2. The quantitative estimate of drug-likeness (QED) is 0.740. The van der Waals surface area contributed by atoms with Crippen LogP contribution in [0, 0.1) is 20.8 Å². The molecule has 25 heavy (non-hydrogen) atoms. The van der Waals surface area contributed by atoms with Crippen molar-refractivity contribution < 1.29 is 17.9 Å². The molecule has 0 N–H and O–H groups in total. The van der Waals surface area contributed by atoms with Gasteiger partial charge in [0.25, 0.3) is 0 Å². The number of ketones is 1. The van der Waals surface area contributed by atoms with Crippen molar-refractivity contribution in [3.8, 4) is 5.88 Å². The summed E-state index contributed by atoms with van der Waals surface area (Å²) < 4.78 is 31.1. The Bertz CT molecular complexity index is 962. The molecule has 0 unspecified atom stereocenters. The largest absolute Gasteiger partial charge is 0.478 e. The van der Waals surface area contributed by atoms with Crippen LogP contribution in [0.25, 0.3) is 0 Å². The van der Waals surface area contributed by atoms with E-state index in [0.29, 0.717) is 34.9 Å². The molecule has 0 saturated heterocycles. The SMILES string of the molecule is CCOc1c(C(=O)c2cc(C)c(S(C)(=O)=O)c(C)c2Cl)c(C)nn1C. The molecule has 136 valence electrons. The summed E-state index contributed by atoms with van der Waals surface area (Å²) in [7, 11) is -1.76. The first-order chi connectivity index (χ1) is 11.5. The van der Waals surface area contributed by atoms with Crippen molar-refractivity contribution in [1.29, 1.82) is 0 Å². The topological polar surface area (TPSA) is 78.3 Å². The fraction of sp³-hybridized carbons (Fsp3) is 0.412. The molecule has 0 fully saturated rings. The van der Waals surface area contributed by atoms with Gasteiger partial charge in [-0.3, -0.25) is 4.79 Å². The Kier molecular flexibility index (Phi) is 5.30. The maximum absolute atomic E-state index is 13.1. The number of benzene rings is 1. The van der Waals surface area contributed by atoms with Crippen molar-refractivity contribution in [2.45, 2.75) is 32.6 Å². The average Bonchev–Trinajstić information content (AvgIpc) is 2.75. The van der Waals surface area contributed by atoms with Gasteiger partial charge in [0, 0.05) is 18.9 Å². The highest BCUT2D eigenvalue weighted by Gasteiger charge is 2.27. The molecular formula is C17H21ClN2O4S. The number of carbonyl (C=O) groups excluding carboxylic acids is 1. The van der Waals surface area contributed by atoms with E-state index >= 15 is 0 Å². The number of ether oxygens (including phenoxy) is 1. The fourth-order valence-corrected chi connectivity index (χ4v) is 4.61. The van der Waals surface area contributed by atoms with Crippen LogP contribution in [-0.4, -0.2) is 36.8 Å². The molecule has 1 heterocycles. The van der Waals surface area contributed by atoms with Gasteiger partial charge in [0.2, 0.25) is 11.7 Å². The first kappa shape index (κ1) is 19.5. The van der Waals surface area contributed by atoms with Crippen molar-refractivity contribution >= 4 is 27.2 Å². The summed E-state index contributed by atoms with van der Waals surface area (Å²) in [6.45, 7) is 7.17. The molecule has 8 heteroatoms. The number of carbonyl (C=O) groups is 1. The van der Waals surface area contributed by atoms with Gasteiger partial charge in [-0.1, -0.05) is 11.6 Å². The summed E-state index contributed by atoms with van der Waals surface area (Å²) in [5, 5.41) is 4.37. The van der Waals surface area contributed by atoms with Crippen molar-refractivity contribution in [3.63, 3.8) is 0 Å². The van der Waals surface area contributed by atoms with Crippen LogP contribution in [-0.2, 0) is 16.9 Å². The molecule has 0 saturated carbocycles. The van der Waals surface area contributed by atoms with E-state index in [4.69, 9.17) is 16.3 Å². The molecular weight excluding hydrogens is 364 g/mol. The maximum atomic E-state index is 13.1. The van der Waals surface area contributed by atoms with Crippen LogP contribution in [0.4, 0.5) is 0 Å². The molecule has 0 atom stereocenters. The normalized spacial score (nSPS) is 11.6. The molecule has 0 aliphatic rings. The van der Waals surface area contributed by atoms with Crippen molar-refractivity contribution in [1.82, 2.24) is 9.78 Å². The fourth-order valence-electron chi connectivity index (χ4n) is 3.01. The molecule has 0 radical (unpaired) electrons. The van der Waals surface area contributed by atoms with Gasteiger partial charge in [-0.25, -0.2) is 13.1 Å². The van der Waals surface area contributed by atoms with Gasteiger partial charge in [-0.05, 0) is 44.9 Å². The first-order valence-corrected chi connectivity index (χ1v) is 9.98. The molecule has 0 aliphatic carbocycles. The van der Waals surface area contributed by atoms with Crippen molar-refractivity contribution in [2.75, 3.05) is 12.9 Å². The lowest BCUT2D eigenvalue weighted by Crippen LogP contribution is -2.11. The van der Waals surface area contributed by atoms with Gasteiger partial charge in [0.1, 0.15) is 5.56 Å². The van der Waals surface area contributed by atoms with E-state index in [9.17, 15) is 13.2 Å². The number of hydrogen-bond donors (Lipinski definition) is 0. The predicted molar refractivity (Wildman–Crippen MR) is 96.6 cm³/mol. The Morgan fingerprint density at radius 3 is 2.44 bits per heavy atom.